The van der Waals surface area contributed by atoms with Gasteiger partial charge in [0.25, 0.3) is 11.8 Å². The van der Waals surface area contributed by atoms with Gasteiger partial charge in [-0.05, 0) is 123 Å². The number of piperazine rings is 1. The van der Waals surface area contributed by atoms with Gasteiger partial charge in [0, 0.05) is 104 Å². The lowest BCUT2D eigenvalue weighted by atomic mass is 9.92. The van der Waals surface area contributed by atoms with Gasteiger partial charge in [0.15, 0.2) is 0 Å². The second-order valence-electron chi connectivity index (χ2n) is 18.7. The topological polar surface area (TPSA) is 177 Å². The maximum atomic E-state index is 14.0. The highest BCUT2D eigenvalue weighted by Gasteiger charge is 2.40. The van der Waals surface area contributed by atoms with Crippen LogP contribution < -0.4 is 30.1 Å². The van der Waals surface area contributed by atoms with Crippen molar-refractivity contribution < 1.29 is 33.1 Å². The Morgan fingerprint density at radius 1 is 0.853 bits per heavy atom. The molecular weight excluding hydrogens is 881 g/mol. The number of piperidine rings is 2. The first kappa shape index (κ1) is 40.6. The number of aliphatic hydroxyl groups excluding tert-OH is 1. The van der Waals surface area contributed by atoms with Gasteiger partial charge in [0.1, 0.15) is 23.4 Å². The number of pyridine rings is 3. The van der Waals surface area contributed by atoms with Crippen molar-refractivity contribution in [1.29, 1.82) is 0 Å². The third kappa shape index (κ3) is 8.03. The number of ether oxygens (including phenoxy) is 1. The monoisotopic (exact) mass is 939 g/mol. The van der Waals surface area contributed by atoms with Gasteiger partial charge in [-0.3, -0.25) is 34.3 Å². The molecule has 6 aliphatic rings. The fourth-order valence-electron chi connectivity index (χ4n) is 11.3. The number of methoxy groups -OCH3 is 1. The molecule has 352 valence electrons. The van der Waals surface area contributed by atoms with E-state index in [1.54, 1.807) is 39.5 Å². The normalized spacial score (nSPS) is 22.0. The predicted octanol–water partition coefficient (Wildman–Crippen LogP) is 5.87. The van der Waals surface area contributed by atoms with Gasteiger partial charge in [-0.2, -0.15) is 0 Å². The summed E-state index contributed by atoms with van der Waals surface area (Å²) in [5.41, 5.74) is 7.97. The van der Waals surface area contributed by atoms with E-state index in [1.807, 2.05) is 30.5 Å². The van der Waals surface area contributed by atoms with Crippen molar-refractivity contribution in [3.63, 3.8) is 0 Å². The standard InChI is InChI=1S/C51H56N10O6S/c1-30-27-58(33-14-18-57(19-15-33)34-7-9-37-32(23-34)28-61(50(37)65)42-10-12-45(63)56-48(42)64)21-22-59(30)35-8-11-44(53-26-35)55-41-24-31(25-54-49(41)67-2)36-13-17-52-47(40(36)29-62)60-20-16-39-38-5-3-4-6-43(38)68-46(39)51(60)66/h7-9,11,13,17,23-26,30,33,42,62H,3-6,10,12,14-16,18-22,27-29H2,1-2H3,(H,53,55)(H,56,63,64)/t30-,42-/m0/s1/i2D3. The molecule has 1 aliphatic carbocycles. The van der Waals surface area contributed by atoms with E-state index < -0.39 is 19.0 Å². The summed E-state index contributed by atoms with van der Waals surface area (Å²) in [5.74, 6) is -0.267. The van der Waals surface area contributed by atoms with E-state index in [4.69, 9.17) is 13.8 Å². The number of imide groups is 1. The number of nitrogens with one attached hydrogen (secondary N) is 2. The van der Waals surface area contributed by atoms with E-state index in [-0.39, 0.29) is 48.4 Å². The summed E-state index contributed by atoms with van der Waals surface area (Å²) in [5, 5.41) is 16.4. The maximum Gasteiger partial charge on any atom is 0.269 e. The Hall–Kier alpha value is -6.43. The summed E-state index contributed by atoms with van der Waals surface area (Å²) >= 11 is 1.60. The van der Waals surface area contributed by atoms with E-state index in [0.29, 0.717) is 59.4 Å². The molecule has 2 atom stereocenters. The molecule has 3 fully saturated rings. The van der Waals surface area contributed by atoms with Crippen LogP contribution in [0.15, 0.2) is 61.1 Å². The highest BCUT2D eigenvalue weighted by Crippen LogP contribution is 2.41. The van der Waals surface area contributed by atoms with E-state index in [9.17, 15) is 24.3 Å². The van der Waals surface area contributed by atoms with Crippen molar-refractivity contribution >= 4 is 63.7 Å². The number of benzene rings is 1. The second-order valence-corrected chi connectivity index (χ2v) is 19.9. The molecule has 11 rings (SSSR count). The number of amides is 4. The summed E-state index contributed by atoms with van der Waals surface area (Å²) < 4.78 is 28.9. The third-order valence-electron chi connectivity index (χ3n) is 14.9. The van der Waals surface area contributed by atoms with Gasteiger partial charge in [-0.1, -0.05) is 0 Å². The Labute approximate surface area is 403 Å². The Morgan fingerprint density at radius 2 is 1.71 bits per heavy atom. The van der Waals surface area contributed by atoms with Gasteiger partial charge in [0.2, 0.25) is 17.7 Å². The van der Waals surface area contributed by atoms with Crippen LogP contribution >= 0.6 is 11.3 Å². The highest BCUT2D eigenvalue weighted by molar-refractivity contribution is 7.14. The zero-order valence-corrected chi connectivity index (χ0v) is 38.8. The SMILES string of the molecule is [2H]C([2H])([2H])Oc1ncc(-c2ccnc(N3CCc4c(sc5c4CCCC5)C3=O)c2CO)cc1Nc1ccc(N2CCN(C3CCN(c4ccc5c(c4)CN([C@H]4CCC(=O)NC4=O)C5=O)CC3)C[C@@H]2C)cn1. The molecule has 5 aliphatic heterocycles. The number of hydrogen-bond donors (Lipinski definition) is 3. The number of aliphatic hydroxyl groups is 1. The quantitative estimate of drug-likeness (QED) is 0.142. The molecule has 0 radical (unpaired) electrons. The molecule has 3 saturated heterocycles. The van der Waals surface area contributed by atoms with Gasteiger partial charge in [0.05, 0.1) is 34.5 Å². The van der Waals surface area contributed by atoms with Crippen molar-refractivity contribution in [3.8, 4) is 17.0 Å². The zero-order chi connectivity index (χ0) is 49.1. The van der Waals surface area contributed by atoms with Gasteiger partial charge >= 0.3 is 0 Å². The maximum absolute atomic E-state index is 14.0. The molecule has 0 unspecified atom stereocenters. The molecule has 1 aromatic carbocycles. The molecule has 16 nitrogen and oxygen atoms in total. The number of thiophene rings is 1. The summed E-state index contributed by atoms with van der Waals surface area (Å²) in [6, 6.07) is 13.3. The molecule has 17 heteroatoms. The summed E-state index contributed by atoms with van der Waals surface area (Å²) in [6.07, 6.45) is 12.5. The highest BCUT2D eigenvalue weighted by atomic mass is 32.1. The number of aromatic nitrogens is 3. The molecule has 0 bridgehead atoms. The Kier molecular flexibility index (Phi) is 10.9. The van der Waals surface area contributed by atoms with E-state index >= 15 is 0 Å². The van der Waals surface area contributed by atoms with Crippen molar-refractivity contribution in [2.45, 2.75) is 96.0 Å². The zero-order valence-electron chi connectivity index (χ0n) is 41.0. The largest absolute Gasteiger partial charge is 0.480 e. The van der Waals surface area contributed by atoms with Gasteiger partial charge in [-0.15, -0.1) is 11.3 Å². The number of nitrogens with zero attached hydrogens (tertiary/aromatic N) is 8. The molecular formula is C51H56N10O6S. The Bertz CT molecular complexity index is 2920. The lowest BCUT2D eigenvalue weighted by Gasteiger charge is -2.46. The van der Waals surface area contributed by atoms with Crippen LogP contribution in [0.25, 0.3) is 11.1 Å². The van der Waals surface area contributed by atoms with E-state index in [2.05, 4.69) is 48.3 Å². The van der Waals surface area contributed by atoms with Crippen molar-refractivity contribution in [1.82, 2.24) is 30.1 Å². The molecule has 4 amide bonds. The molecule has 4 aromatic heterocycles. The average Bonchev–Trinajstić information content (AvgIpc) is 3.91. The number of fused-ring (bicyclic) bond motifs is 4. The number of aryl methyl sites for hydroxylation is 1. The first-order chi connectivity index (χ1) is 34.3. The van der Waals surface area contributed by atoms with Crippen LogP contribution in [0.1, 0.15) is 96.7 Å². The van der Waals surface area contributed by atoms with Crippen LogP contribution in [0.4, 0.5) is 28.7 Å². The smallest absolute Gasteiger partial charge is 0.269 e. The number of anilines is 5. The van der Waals surface area contributed by atoms with Crippen molar-refractivity contribution in [3.05, 3.63) is 98.6 Å². The minimum absolute atomic E-state index is 0.104. The Morgan fingerprint density at radius 3 is 2.50 bits per heavy atom. The number of rotatable bonds is 10. The second kappa shape index (κ2) is 18.2. The lowest BCUT2D eigenvalue weighted by molar-refractivity contribution is -0.136. The number of carbonyl (C=O) groups is 4. The van der Waals surface area contributed by atoms with E-state index in [1.165, 1.54) is 22.2 Å². The van der Waals surface area contributed by atoms with Crippen LogP contribution in [-0.2, 0) is 42.0 Å². The summed E-state index contributed by atoms with van der Waals surface area (Å²) in [4.78, 5) is 78.0. The fourth-order valence-corrected chi connectivity index (χ4v) is 12.7. The minimum atomic E-state index is -2.78. The first-order valence-electron chi connectivity index (χ1n) is 25.3. The predicted molar refractivity (Wildman–Crippen MR) is 260 cm³/mol. The van der Waals surface area contributed by atoms with Crippen LogP contribution in [0.5, 0.6) is 5.88 Å². The number of hydrogen-bond acceptors (Lipinski definition) is 14. The fraction of sp³-hybridized carbons (Fsp3) is 0.431. The van der Waals surface area contributed by atoms with Crippen LogP contribution in [0, 0.1) is 0 Å². The molecule has 68 heavy (non-hydrogen) atoms. The minimum Gasteiger partial charge on any atom is -0.480 e. The molecule has 3 N–H and O–H groups in total. The Balaban J connectivity index is 0.735. The van der Waals surface area contributed by atoms with Crippen molar-refractivity contribution in [2.24, 2.45) is 0 Å². The van der Waals surface area contributed by atoms with Crippen LogP contribution in [0.2, 0.25) is 0 Å². The first-order valence-corrected chi connectivity index (χ1v) is 24.6. The summed E-state index contributed by atoms with van der Waals surface area (Å²) in [6.45, 7) is 7.05. The van der Waals surface area contributed by atoms with Gasteiger partial charge in [-0.25, -0.2) is 15.0 Å². The molecule has 0 spiro atoms. The van der Waals surface area contributed by atoms with Crippen LogP contribution in [0.3, 0.4) is 0 Å². The van der Waals surface area contributed by atoms with Crippen molar-refractivity contribution in [2.75, 3.05) is 66.3 Å². The van der Waals surface area contributed by atoms with E-state index in [0.717, 1.165) is 99.5 Å². The van der Waals surface area contributed by atoms with Gasteiger partial charge < -0.3 is 29.9 Å². The average molecular weight is 940 g/mol. The molecule has 0 saturated carbocycles. The molecule has 5 aromatic rings. The lowest BCUT2D eigenvalue weighted by Crippen LogP contribution is -2.57. The third-order valence-corrected chi connectivity index (χ3v) is 16.2. The van der Waals surface area contributed by atoms with Crippen LogP contribution in [-0.4, -0.2) is 118 Å². The summed E-state index contributed by atoms with van der Waals surface area (Å²) in [7, 11) is -2.78. The number of carbonyl (C=O) groups excluding carboxylic acids is 4. The molecule has 9 heterocycles.